The maximum Gasteiger partial charge on any atom is 0.338 e. The van der Waals surface area contributed by atoms with Crippen LogP contribution in [0, 0.1) is 0 Å². The van der Waals surface area contributed by atoms with E-state index in [-0.39, 0.29) is 12.3 Å². The Morgan fingerprint density at radius 1 is 1.19 bits per heavy atom. The third-order valence-corrected chi connectivity index (χ3v) is 4.02. The fourth-order valence-corrected chi connectivity index (χ4v) is 2.67. The van der Waals surface area contributed by atoms with Gasteiger partial charge in [-0.3, -0.25) is 0 Å². The normalized spacial score (nSPS) is 17.6. The summed E-state index contributed by atoms with van der Waals surface area (Å²) in [7, 11) is 1.34. The largest absolute Gasteiger partial charge is 0.465 e. The van der Waals surface area contributed by atoms with Crippen molar-refractivity contribution in [3.8, 4) is 0 Å². The highest BCUT2D eigenvalue weighted by Crippen LogP contribution is 2.19. The van der Waals surface area contributed by atoms with Gasteiger partial charge in [0.2, 0.25) is 0 Å². The summed E-state index contributed by atoms with van der Waals surface area (Å²) >= 11 is 0. The summed E-state index contributed by atoms with van der Waals surface area (Å²) in [5, 5.41) is 0. The first-order valence-corrected chi connectivity index (χ1v) is 8.95. The van der Waals surface area contributed by atoms with Crippen LogP contribution in [0.3, 0.4) is 0 Å². The van der Waals surface area contributed by atoms with E-state index in [0.29, 0.717) is 36.3 Å². The van der Waals surface area contributed by atoms with Gasteiger partial charge in [-0.25, -0.2) is 9.59 Å². The molecular weight excluding hydrogens is 336 g/mol. The summed E-state index contributed by atoms with van der Waals surface area (Å²) < 4.78 is 21.0. The van der Waals surface area contributed by atoms with Crippen molar-refractivity contribution < 1.29 is 28.5 Å². The van der Waals surface area contributed by atoms with Crippen molar-refractivity contribution in [2.45, 2.75) is 38.9 Å². The van der Waals surface area contributed by atoms with E-state index in [0.717, 1.165) is 25.9 Å². The lowest BCUT2D eigenvalue weighted by molar-refractivity contribution is -0.161. The van der Waals surface area contributed by atoms with Crippen molar-refractivity contribution in [3.05, 3.63) is 41.5 Å². The average Bonchev–Trinajstić information content (AvgIpc) is 2.68. The summed E-state index contributed by atoms with van der Waals surface area (Å²) in [5.74, 6) is -0.814. The van der Waals surface area contributed by atoms with E-state index in [1.54, 1.807) is 37.3 Å². The Balaban J connectivity index is 1.99. The molecule has 6 nitrogen and oxygen atoms in total. The van der Waals surface area contributed by atoms with Gasteiger partial charge in [-0.1, -0.05) is 18.2 Å². The Morgan fingerprint density at radius 3 is 2.54 bits per heavy atom. The number of ether oxygens (including phenoxy) is 4. The molecule has 0 N–H and O–H groups in total. The van der Waals surface area contributed by atoms with Crippen LogP contribution in [0.5, 0.6) is 0 Å². The smallest absolute Gasteiger partial charge is 0.338 e. The Labute approximate surface area is 154 Å². The van der Waals surface area contributed by atoms with Crippen LogP contribution in [0.25, 0.3) is 5.57 Å². The molecular formula is C20H26O6. The molecule has 0 saturated carbocycles. The number of carbonyl (C=O) groups is 2. The lowest BCUT2D eigenvalue weighted by Crippen LogP contribution is -2.22. The van der Waals surface area contributed by atoms with E-state index in [4.69, 9.17) is 18.9 Å². The van der Waals surface area contributed by atoms with Gasteiger partial charge < -0.3 is 18.9 Å². The molecule has 26 heavy (non-hydrogen) atoms. The van der Waals surface area contributed by atoms with Crippen LogP contribution >= 0.6 is 0 Å². The van der Waals surface area contributed by atoms with Gasteiger partial charge in [0.05, 0.1) is 31.5 Å². The van der Waals surface area contributed by atoms with Gasteiger partial charge in [0.25, 0.3) is 0 Å². The molecule has 1 aromatic carbocycles. The van der Waals surface area contributed by atoms with Crippen LogP contribution in [-0.4, -0.2) is 45.2 Å². The van der Waals surface area contributed by atoms with Crippen molar-refractivity contribution in [2.24, 2.45) is 0 Å². The number of esters is 2. The lowest BCUT2D eigenvalue weighted by Gasteiger charge is -2.22. The van der Waals surface area contributed by atoms with Crippen LogP contribution in [0.15, 0.2) is 30.3 Å². The summed E-state index contributed by atoms with van der Waals surface area (Å²) in [5.41, 5.74) is 1.56. The van der Waals surface area contributed by atoms with Crippen LogP contribution in [0.2, 0.25) is 0 Å². The number of methoxy groups -OCH3 is 1. The molecule has 2 rings (SSSR count). The average molecular weight is 362 g/mol. The molecule has 0 spiro atoms. The van der Waals surface area contributed by atoms with Gasteiger partial charge in [0.15, 0.2) is 6.29 Å². The molecule has 0 aliphatic carbocycles. The molecule has 1 heterocycles. The van der Waals surface area contributed by atoms with Crippen molar-refractivity contribution in [1.82, 2.24) is 0 Å². The molecule has 1 aromatic rings. The molecule has 142 valence electrons. The Hall–Kier alpha value is -2.18. The number of hydrogen-bond acceptors (Lipinski definition) is 6. The molecule has 0 bridgehead atoms. The van der Waals surface area contributed by atoms with Crippen LogP contribution in [-0.2, 0) is 23.7 Å². The van der Waals surface area contributed by atoms with Crippen molar-refractivity contribution >= 4 is 17.5 Å². The van der Waals surface area contributed by atoms with Gasteiger partial charge in [0.1, 0.15) is 0 Å². The second-order valence-corrected chi connectivity index (χ2v) is 5.86. The molecule has 1 unspecified atom stereocenters. The van der Waals surface area contributed by atoms with Crippen LogP contribution < -0.4 is 0 Å². The summed E-state index contributed by atoms with van der Waals surface area (Å²) in [6, 6.07) is 6.69. The minimum absolute atomic E-state index is 0.150. The maximum absolute atomic E-state index is 12.1. The molecule has 0 amide bonds. The lowest BCUT2D eigenvalue weighted by atomic mass is 10.0. The minimum atomic E-state index is -0.428. The minimum Gasteiger partial charge on any atom is -0.465 e. The predicted molar refractivity (Wildman–Crippen MR) is 96.6 cm³/mol. The third-order valence-electron chi connectivity index (χ3n) is 4.02. The zero-order chi connectivity index (χ0) is 18.8. The van der Waals surface area contributed by atoms with Crippen LogP contribution in [0.4, 0.5) is 0 Å². The first-order valence-electron chi connectivity index (χ1n) is 8.95. The van der Waals surface area contributed by atoms with Gasteiger partial charge in [-0.15, -0.1) is 0 Å². The molecule has 1 atom stereocenters. The van der Waals surface area contributed by atoms with Gasteiger partial charge >= 0.3 is 11.9 Å². The monoisotopic (exact) mass is 362 g/mol. The topological polar surface area (TPSA) is 71.1 Å². The molecule has 0 aromatic heterocycles. The number of carbonyl (C=O) groups excluding carboxylic acids is 2. The zero-order valence-electron chi connectivity index (χ0n) is 15.4. The molecule has 0 radical (unpaired) electrons. The summed E-state index contributed by atoms with van der Waals surface area (Å²) in [4.78, 5) is 23.8. The van der Waals surface area contributed by atoms with Crippen molar-refractivity contribution in [1.29, 1.82) is 0 Å². The van der Waals surface area contributed by atoms with E-state index in [2.05, 4.69) is 0 Å². The Morgan fingerprint density at radius 2 is 1.92 bits per heavy atom. The van der Waals surface area contributed by atoms with Crippen molar-refractivity contribution in [3.63, 3.8) is 0 Å². The Bertz CT molecular complexity index is 614. The Kier molecular flexibility index (Phi) is 8.31. The highest BCUT2D eigenvalue weighted by molar-refractivity contribution is 6.16. The molecule has 1 saturated heterocycles. The summed E-state index contributed by atoms with van der Waals surface area (Å²) in [6.07, 6.45) is 5.29. The molecule has 1 fully saturated rings. The number of hydrogen-bond donors (Lipinski definition) is 0. The van der Waals surface area contributed by atoms with E-state index in [9.17, 15) is 9.59 Å². The SMILES string of the molecule is CCOC(=O)c1ccc(/C(=C/CCOC2CCCCO2)C(=O)OC)cc1. The molecule has 1 aliphatic heterocycles. The highest BCUT2D eigenvalue weighted by Gasteiger charge is 2.15. The van der Waals surface area contributed by atoms with Gasteiger partial charge in [0, 0.05) is 6.61 Å². The first-order chi connectivity index (χ1) is 12.7. The summed E-state index contributed by atoms with van der Waals surface area (Å²) in [6.45, 7) is 3.27. The van der Waals surface area contributed by atoms with Crippen molar-refractivity contribution in [2.75, 3.05) is 26.9 Å². The maximum atomic E-state index is 12.1. The fraction of sp³-hybridized carbons (Fsp3) is 0.500. The van der Waals surface area contributed by atoms with E-state index in [1.807, 2.05) is 0 Å². The standard InChI is InChI=1S/C20H26O6/c1-3-24-19(21)16-11-9-15(10-12-16)17(20(22)23-2)7-6-14-26-18-8-4-5-13-25-18/h7,9-12,18H,3-6,8,13-14H2,1-2H3/b17-7-. The van der Waals surface area contributed by atoms with E-state index >= 15 is 0 Å². The second-order valence-electron chi connectivity index (χ2n) is 5.86. The highest BCUT2D eigenvalue weighted by atomic mass is 16.7. The molecule has 1 aliphatic rings. The zero-order valence-corrected chi connectivity index (χ0v) is 15.4. The third kappa shape index (κ3) is 5.97. The second kappa shape index (κ2) is 10.7. The van der Waals surface area contributed by atoms with Gasteiger partial charge in [-0.2, -0.15) is 0 Å². The molecule has 6 heteroatoms. The fourth-order valence-electron chi connectivity index (χ4n) is 2.67. The van der Waals surface area contributed by atoms with E-state index < -0.39 is 5.97 Å². The first kappa shape index (κ1) is 20.1. The van der Waals surface area contributed by atoms with Gasteiger partial charge in [-0.05, 0) is 50.3 Å². The number of rotatable bonds is 8. The predicted octanol–water partition coefficient (Wildman–Crippen LogP) is 3.35. The number of benzene rings is 1. The van der Waals surface area contributed by atoms with E-state index in [1.165, 1.54) is 7.11 Å². The van der Waals surface area contributed by atoms with Crippen LogP contribution in [0.1, 0.15) is 48.5 Å². The quantitative estimate of drug-likeness (QED) is 0.401.